The van der Waals surface area contributed by atoms with Crippen molar-refractivity contribution in [2.75, 3.05) is 23.7 Å². The lowest BCUT2D eigenvalue weighted by molar-refractivity contribution is 0.168. The van der Waals surface area contributed by atoms with Gasteiger partial charge in [0.05, 0.1) is 34.1 Å². The summed E-state index contributed by atoms with van der Waals surface area (Å²) in [5, 5.41) is 6.38. The summed E-state index contributed by atoms with van der Waals surface area (Å²) in [5.41, 5.74) is 0.107. The molecule has 0 aliphatic heterocycles. The van der Waals surface area contributed by atoms with E-state index in [4.69, 9.17) is 0 Å². The van der Waals surface area contributed by atoms with Gasteiger partial charge in [0, 0.05) is 24.3 Å². The van der Waals surface area contributed by atoms with Crippen molar-refractivity contribution in [3.05, 3.63) is 71.1 Å². The standard InChI is InChI=1S/C28H29F3N6O4S2/c1-4-5-12-22-36-24(25(42-22)21-13-14-32-27(35-21)33-15-16(2)34-28(38)41-3)17-8-6-11-20(23(17)31)37-43(39,40)26-18(29)9-7-10-19(26)30/h6-11,13-14,16,37H,4-5,12,15H2,1-3H3,(H,34,38)(H,32,33,35)/t16-/m0/s1. The summed E-state index contributed by atoms with van der Waals surface area (Å²) in [6, 6.07) is 7.93. The van der Waals surface area contributed by atoms with Crippen molar-refractivity contribution in [3.8, 4) is 21.8 Å². The molecule has 228 valence electrons. The van der Waals surface area contributed by atoms with Crippen molar-refractivity contribution in [1.29, 1.82) is 0 Å². The lowest BCUT2D eigenvalue weighted by Gasteiger charge is -2.14. The van der Waals surface area contributed by atoms with E-state index in [1.165, 1.54) is 36.8 Å². The summed E-state index contributed by atoms with van der Waals surface area (Å²) in [7, 11) is -3.55. The summed E-state index contributed by atoms with van der Waals surface area (Å²) < 4.78 is 76.7. The van der Waals surface area contributed by atoms with E-state index >= 15 is 4.39 Å². The summed E-state index contributed by atoms with van der Waals surface area (Å²) >= 11 is 1.31. The van der Waals surface area contributed by atoms with Gasteiger partial charge in [-0.1, -0.05) is 25.5 Å². The fraction of sp³-hybridized carbons (Fsp3) is 0.286. The van der Waals surface area contributed by atoms with E-state index < -0.39 is 44.2 Å². The van der Waals surface area contributed by atoms with Gasteiger partial charge < -0.3 is 15.4 Å². The first-order valence-electron chi connectivity index (χ1n) is 13.2. The Hall–Kier alpha value is -4.24. The second kappa shape index (κ2) is 13.8. The monoisotopic (exact) mass is 634 g/mol. The fourth-order valence-electron chi connectivity index (χ4n) is 4.01. The first-order chi connectivity index (χ1) is 20.5. The summed E-state index contributed by atoms with van der Waals surface area (Å²) in [4.78, 5) is 24.2. The van der Waals surface area contributed by atoms with Crippen LogP contribution < -0.4 is 15.4 Å². The number of amides is 1. The van der Waals surface area contributed by atoms with Crippen LogP contribution in [0.3, 0.4) is 0 Å². The number of nitrogens with one attached hydrogen (secondary N) is 3. The lowest BCUT2D eigenvalue weighted by Crippen LogP contribution is -2.37. The van der Waals surface area contributed by atoms with Gasteiger partial charge in [-0.3, -0.25) is 4.72 Å². The highest BCUT2D eigenvalue weighted by atomic mass is 32.2. The largest absolute Gasteiger partial charge is 0.453 e. The number of alkyl carbamates (subject to hydrolysis) is 1. The van der Waals surface area contributed by atoms with Gasteiger partial charge in [0.1, 0.15) is 11.6 Å². The van der Waals surface area contributed by atoms with E-state index in [0.717, 1.165) is 42.1 Å². The minimum Gasteiger partial charge on any atom is -0.453 e. The number of unbranched alkanes of at least 4 members (excludes halogenated alkanes) is 1. The highest BCUT2D eigenvalue weighted by Gasteiger charge is 2.27. The predicted molar refractivity (Wildman–Crippen MR) is 158 cm³/mol. The smallest absolute Gasteiger partial charge is 0.407 e. The zero-order valence-electron chi connectivity index (χ0n) is 23.4. The van der Waals surface area contributed by atoms with Gasteiger partial charge in [0.2, 0.25) is 5.95 Å². The molecule has 2 aromatic carbocycles. The molecule has 0 bridgehead atoms. The summed E-state index contributed by atoms with van der Waals surface area (Å²) in [6.45, 7) is 4.08. The summed E-state index contributed by atoms with van der Waals surface area (Å²) in [6.07, 6.45) is 3.30. The molecule has 0 aliphatic rings. The topological polar surface area (TPSA) is 135 Å². The third-order valence-electron chi connectivity index (χ3n) is 6.11. The lowest BCUT2D eigenvalue weighted by atomic mass is 10.1. The number of methoxy groups -OCH3 is 1. The average Bonchev–Trinajstić information content (AvgIpc) is 3.40. The molecule has 0 radical (unpaired) electrons. The molecule has 0 spiro atoms. The van der Waals surface area contributed by atoms with E-state index in [-0.39, 0.29) is 29.8 Å². The van der Waals surface area contributed by atoms with Crippen LogP contribution in [0.5, 0.6) is 0 Å². The number of halogens is 3. The number of carbonyl (C=O) groups excluding carboxylic acids is 1. The Morgan fingerprint density at radius 3 is 2.49 bits per heavy atom. The zero-order valence-corrected chi connectivity index (χ0v) is 25.1. The van der Waals surface area contributed by atoms with Crippen LogP contribution in [0.2, 0.25) is 0 Å². The second-order valence-electron chi connectivity index (χ2n) is 9.40. The van der Waals surface area contributed by atoms with Gasteiger partial charge in [0.15, 0.2) is 10.7 Å². The summed E-state index contributed by atoms with van der Waals surface area (Å²) in [5.74, 6) is -3.35. The van der Waals surface area contributed by atoms with Crippen LogP contribution in [0, 0.1) is 17.5 Å². The highest BCUT2D eigenvalue weighted by molar-refractivity contribution is 7.92. The number of carbonyl (C=O) groups is 1. The van der Waals surface area contributed by atoms with Crippen molar-refractivity contribution in [1.82, 2.24) is 20.3 Å². The molecule has 1 atom stereocenters. The number of sulfonamides is 1. The molecular weight excluding hydrogens is 605 g/mol. The van der Waals surface area contributed by atoms with Gasteiger partial charge >= 0.3 is 6.09 Å². The molecule has 3 N–H and O–H groups in total. The Morgan fingerprint density at radius 2 is 1.79 bits per heavy atom. The number of thiazole rings is 1. The fourth-order valence-corrected chi connectivity index (χ4v) is 6.30. The SMILES string of the molecule is CCCCc1nc(-c2cccc(NS(=O)(=O)c3c(F)cccc3F)c2F)c(-c2ccnc(NC[C@H](C)NC(=O)OC)n2)s1. The van der Waals surface area contributed by atoms with Crippen molar-refractivity contribution in [3.63, 3.8) is 0 Å². The molecule has 43 heavy (non-hydrogen) atoms. The number of hydrogen-bond donors (Lipinski definition) is 3. The van der Waals surface area contributed by atoms with Gasteiger partial charge in [-0.15, -0.1) is 11.3 Å². The third kappa shape index (κ3) is 7.59. The predicted octanol–water partition coefficient (Wildman–Crippen LogP) is 5.98. The van der Waals surface area contributed by atoms with E-state index in [1.54, 1.807) is 13.0 Å². The highest BCUT2D eigenvalue weighted by Crippen LogP contribution is 2.39. The number of nitrogens with zero attached hydrogens (tertiary/aromatic N) is 3. The van der Waals surface area contributed by atoms with E-state index in [0.29, 0.717) is 17.0 Å². The van der Waals surface area contributed by atoms with E-state index in [2.05, 4.69) is 30.3 Å². The van der Waals surface area contributed by atoms with Crippen LogP contribution in [0.15, 0.2) is 53.6 Å². The van der Waals surface area contributed by atoms with Crippen LogP contribution in [-0.2, 0) is 21.2 Å². The van der Waals surface area contributed by atoms with Crippen molar-refractivity contribution >= 4 is 39.1 Å². The van der Waals surface area contributed by atoms with Crippen molar-refractivity contribution in [2.24, 2.45) is 0 Å². The van der Waals surface area contributed by atoms with Crippen molar-refractivity contribution in [2.45, 2.75) is 44.0 Å². The minimum atomic E-state index is -4.81. The van der Waals surface area contributed by atoms with Crippen molar-refractivity contribution < 1.29 is 31.1 Å². The zero-order chi connectivity index (χ0) is 31.1. The van der Waals surface area contributed by atoms with Gasteiger partial charge in [-0.25, -0.2) is 41.3 Å². The van der Waals surface area contributed by atoms with E-state index in [1.807, 2.05) is 11.6 Å². The number of aryl methyl sites for hydroxylation is 1. The molecule has 15 heteroatoms. The molecule has 4 rings (SSSR count). The second-order valence-corrected chi connectivity index (χ2v) is 12.1. The maximum absolute atomic E-state index is 15.9. The molecule has 0 saturated heterocycles. The molecule has 10 nitrogen and oxygen atoms in total. The normalized spacial score (nSPS) is 12.0. The number of benzene rings is 2. The number of rotatable bonds is 12. The third-order valence-corrected chi connectivity index (χ3v) is 8.66. The first kappa shape index (κ1) is 31.7. The molecule has 0 fully saturated rings. The number of aromatic nitrogens is 3. The Morgan fingerprint density at radius 1 is 1.07 bits per heavy atom. The molecule has 2 aromatic heterocycles. The molecule has 0 saturated carbocycles. The molecule has 0 aliphatic carbocycles. The van der Waals surface area contributed by atoms with E-state index in [9.17, 15) is 22.0 Å². The molecule has 0 unspecified atom stereocenters. The van der Waals surface area contributed by atoms with Crippen LogP contribution in [-0.4, -0.2) is 49.2 Å². The van der Waals surface area contributed by atoms with Crippen LogP contribution >= 0.6 is 11.3 Å². The maximum atomic E-state index is 15.9. The van der Waals surface area contributed by atoms with Crippen LogP contribution in [0.4, 0.5) is 29.6 Å². The molecule has 4 aromatic rings. The molecule has 2 heterocycles. The first-order valence-corrected chi connectivity index (χ1v) is 15.5. The molecular formula is C28H29F3N6O4S2. The van der Waals surface area contributed by atoms with Gasteiger partial charge in [0.25, 0.3) is 10.0 Å². The average molecular weight is 635 g/mol. The Balaban J connectivity index is 1.70. The quantitative estimate of drug-likeness (QED) is 0.173. The minimum absolute atomic E-state index is 0.0350. The van der Waals surface area contributed by atoms with Crippen LogP contribution in [0.25, 0.3) is 21.8 Å². The van der Waals surface area contributed by atoms with Gasteiger partial charge in [-0.2, -0.15) is 0 Å². The Labute approximate surface area is 250 Å². The molecule has 1 amide bonds. The Kier molecular flexibility index (Phi) is 10.2. The number of anilines is 2. The number of hydrogen-bond acceptors (Lipinski definition) is 9. The maximum Gasteiger partial charge on any atom is 0.407 e. The van der Waals surface area contributed by atoms with Gasteiger partial charge in [-0.05, 0) is 50.1 Å². The van der Waals surface area contributed by atoms with Crippen LogP contribution in [0.1, 0.15) is 31.7 Å². The Bertz CT molecular complexity index is 1700. The number of ether oxygens (including phenoxy) is 1.